The smallest absolute Gasteiger partial charge is 0.138 e. The van der Waals surface area contributed by atoms with Gasteiger partial charge in [0.05, 0.1) is 5.69 Å². The number of hydrogen-bond acceptors (Lipinski definition) is 4. The molecule has 2 aromatic carbocycles. The number of rotatable bonds is 4. The maximum Gasteiger partial charge on any atom is 0.138 e. The van der Waals surface area contributed by atoms with Gasteiger partial charge in [-0.25, -0.2) is 9.67 Å². The summed E-state index contributed by atoms with van der Waals surface area (Å²) in [5.41, 5.74) is 3.11. The van der Waals surface area contributed by atoms with Gasteiger partial charge in [-0.1, -0.05) is 12.1 Å². The van der Waals surface area contributed by atoms with Crippen LogP contribution in [-0.2, 0) is 6.54 Å². The molecule has 0 saturated heterocycles. The zero-order chi connectivity index (χ0) is 13.8. The van der Waals surface area contributed by atoms with Crippen LogP contribution in [0.3, 0.4) is 0 Å². The van der Waals surface area contributed by atoms with Gasteiger partial charge in [0.2, 0.25) is 0 Å². The summed E-state index contributed by atoms with van der Waals surface area (Å²) in [4.78, 5) is 3.92. The molecule has 0 atom stereocenters. The predicted octanol–water partition coefficient (Wildman–Crippen LogP) is 2.58. The van der Waals surface area contributed by atoms with E-state index in [1.165, 1.54) is 6.33 Å². The van der Waals surface area contributed by atoms with Gasteiger partial charge < -0.3 is 10.4 Å². The van der Waals surface area contributed by atoms with E-state index in [4.69, 9.17) is 0 Å². The third kappa shape index (κ3) is 2.77. The quantitative estimate of drug-likeness (QED) is 0.762. The van der Waals surface area contributed by atoms with Gasteiger partial charge in [0.15, 0.2) is 0 Å². The number of phenols is 1. The molecule has 0 spiro atoms. The fraction of sp³-hybridized carbons (Fsp3) is 0.0667. The van der Waals surface area contributed by atoms with Crippen LogP contribution in [0.5, 0.6) is 5.75 Å². The molecule has 1 aromatic heterocycles. The molecule has 100 valence electrons. The van der Waals surface area contributed by atoms with Crippen LogP contribution in [0.1, 0.15) is 5.56 Å². The highest BCUT2D eigenvalue weighted by atomic mass is 16.3. The summed E-state index contributed by atoms with van der Waals surface area (Å²) in [7, 11) is 0. The lowest BCUT2D eigenvalue weighted by atomic mass is 10.2. The first-order chi connectivity index (χ1) is 9.81. The minimum Gasteiger partial charge on any atom is -0.508 e. The topological polar surface area (TPSA) is 63.0 Å². The second kappa shape index (κ2) is 5.44. The van der Waals surface area contributed by atoms with Crippen LogP contribution < -0.4 is 5.32 Å². The first kappa shape index (κ1) is 12.2. The summed E-state index contributed by atoms with van der Waals surface area (Å²) in [6.07, 6.45) is 3.18. The molecule has 0 fully saturated rings. The normalized spacial score (nSPS) is 10.4. The van der Waals surface area contributed by atoms with E-state index in [9.17, 15) is 5.11 Å². The van der Waals surface area contributed by atoms with Crippen LogP contribution in [-0.4, -0.2) is 19.9 Å². The third-order valence-electron chi connectivity index (χ3n) is 2.98. The van der Waals surface area contributed by atoms with E-state index in [1.807, 2.05) is 36.4 Å². The molecule has 0 unspecified atom stereocenters. The molecule has 3 rings (SSSR count). The second-order valence-electron chi connectivity index (χ2n) is 4.41. The Morgan fingerprint density at radius 1 is 1.00 bits per heavy atom. The van der Waals surface area contributed by atoms with Gasteiger partial charge >= 0.3 is 0 Å². The molecule has 0 aliphatic carbocycles. The Labute approximate surface area is 116 Å². The highest BCUT2D eigenvalue weighted by Crippen LogP contribution is 2.14. The van der Waals surface area contributed by atoms with Gasteiger partial charge in [-0.2, -0.15) is 5.10 Å². The SMILES string of the molecule is Oc1ccc(CNc2ccc(-n3cncn3)cc2)cc1. The van der Waals surface area contributed by atoms with Gasteiger partial charge in [0, 0.05) is 12.2 Å². The lowest BCUT2D eigenvalue weighted by Crippen LogP contribution is -2.00. The highest BCUT2D eigenvalue weighted by Gasteiger charge is 1.98. The molecule has 3 aromatic rings. The number of nitrogens with zero attached hydrogens (tertiary/aromatic N) is 3. The number of phenolic OH excluding ortho intramolecular Hbond substituents is 1. The second-order valence-corrected chi connectivity index (χ2v) is 4.41. The Balaban J connectivity index is 1.65. The van der Waals surface area contributed by atoms with Crippen LogP contribution in [0.15, 0.2) is 61.2 Å². The standard InChI is InChI=1S/C15H14N4O/c20-15-7-1-12(2-8-15)9-17-13-3-5-14(6-4-13)19-11-16-10-18-19/h1-8,10-11,17,20H,9H2. The lowest BCUT2D eigenvalue weighted by Gasteiger charge is -2.07. The summed E-state index contributed by atoms with van der Waals surface area (Å²) >= 11 is 0. The molecule has 1 heterocycles. The van der Waals surface area contributed by atoms with Crippen molar-refractivity contribution in [1.82, 2.24) is 14.8 Å². The van der Waals surface area contributed by atoms with E-state index in [1.54, 1.807) is 23.1 Å². The van der Waals surface area contributed by atoms with Gasteiger partial charge in [0.1, 0.15) is 18.4 Å². The van der Waals surface area contributed by atoms with Crippen molar-refractivity contribution in [1.29, 1.82) is 0 Å². The Morgan fingerprint density at radius 3 is 2.40 bits per heavy atom. The van der Waals surface area contributed by atoms with Crippen molar-refractivity contribution in [2.45, 2.75) is 6.54 Å². The number of nitrogens with one attached hydrogen (secondary N) is 1. The molecule has 0 bridgehead atoms. The molecule has 5 heteroatoms. The largest absolute Gasteiger partial charge is 0.508 e. The predicted molar refractivity (Wildman–Crippen MR) is 76.8 cm³/mol. The van der Waals surface area contributed by atoms with Crippen molar-refractivity contribution in [2.24, 2.45) is 0 Å². The number of aromatic nitrogens is 3. The zero-order valence-electron chi connectivity index (χ0n) is 10.8. The highest BCUT2D eigenvalue weighted by molar-refractivity contribution is 5.48. The van der Waals surface area contributed by atoms with Gasteiger partial charge in [-0.05, 0) is 42.0 Å². The summed E-state index contributed by atoms with van der Waals surface area (Å²) in [5, 5.41) is 16.6. The molecule has 0 radical (unpaired) electrons. The number of aromatic hydroxyl groups is 1. The Morgan fingerprint density at radius 2 is 1.75 bits per heavy atom. The van der Waals surface area contributed by atoms with E-state index in [2.05, 4.69) is 15.4 Å². The summed E-state index contributed by atoms with van der Waals surface area (Å²) < 4.78 is 1.71. The van der Waals surface area contributed by atoms with Crippen molar-refractivity contribution in [2.75, 3.05) is 5.32 Å². The molecule has 0 aliphatic rings. The van der Waals surface area contributed by atoms with E-state index in [0.29, 0.717) is 6.54 Å². The average molecular weight is 266 g/mol. The molecule has 0 amide bonds. The Hall–Kier alpha value is -2.82. The maximum atomic E-state index is 9.23. The summed E-state index contributed by atoms with van der Waals surface area (Å²) in [6, 6.07) is 15.1. The number of benzene rings is 2. The Kier molecular flexibility index (Phi) is 3.33. The van der Waals surface area contributed by atoms with Crippen molar-refractivity contribution in [3.8, 4) is 11.4 Å². The fourth-order valence-electron chi connectivity index (χ4n) is 1.89. The van der Waals surface area contributed by atoms with Gasteiger partial charge in [0.25, 0.3) is 0 Å². The van der Waals surface area contributed by atoms with Crippen LogP contribution in [0.4, 0.5) is 5.69 Å². The minimum absolute atomic E-state index is 0.283. The first-order valence-corrected chi connectivity index (χ1v) is 6.28. The Bertz CT molecular complexity index is 660. The average Bonchev–Trinajstić information content (AvgIpc) is 3.01. The van der Waals surface area contributed by atoms with Gasteiger partial charge in [-0.15, -0.1) is 0 Å². The number of hydrogen-bond donors (Lipinski definition) is 2. The third-order valence-corrected chi connectivity index (χ3v) is 2.98. The monoisotopic (exact) mass is 266 g/mol. The molecule has 20 heavy (non-hydrogen) atoms. The molecular weight excluding hydrogens is 252 g/mol. The van der Waals surface area contributed by atoms with Gasteiger partial charge in [-0.3, -0.25) is 0 Å². The molecule has 0 saturated carbocycles. The van der Waals surface area contributed by atoms with E-state index >= 15 is 0 Å². The number of anilines is 1. The molecule has 2 N–H and O–H groups in total. The van der Waals surface area contributed by atoms with E-state index in [-0.39, 0.29) is 5.75 Å². The molecule has 0 aliphatic heterocycles. The maximum absolute atomic E-state index is 9.23. The lowest BCUT2D eigenvalue weighted by molar-refractivity contribution is 0.475. The first-order valence-electron chi connectivity index (χ1n) is 6.28. The van der Waals surface area contributed by atoms with Crippen LogP contribution in [0, 0.1) is 0 Å². The summed E-state index contributed by atoms with van der Waals surface area (Å²) in [5.74, 6) is 0.283. The zero-order valence-corrected chi connectivity index (χ0v) is 10.8. The van der Waals surface area contributed by atoms with Crippen LogP contribution >= 0.6 is 0 Å². The minimum atomic E-state index is 0.283. The van der Waals surface area contributed by atoms with Crippen molar-refractivity contribution >= 4 is 5.69 Å². The summed E-state index contributed by atoms with van der Waals surface area (Å²) in [6.45, 7) is 0.711. The van der Waals surface area contributed by atoms with Crippen LogP contribution in [0.2, 0.25) is 0 Å². The molecule has 5 nitrogen and oxygen atoms in total. The van der Waals surface area contributed by atoms with Crippen molar-refractivity contribution < 1.29 is 5.11 Å². The van der Waals surface area contributed by atoms with E-state index < -0.39 is 0 Å². The van der Waals surface area contributed by atoms with E-state index in [0.717, 1.165) is 16.9 Å². The van der Waals surface area contributed by atoms with Crippen molar-refractivity contribution in [3.63, 3.8) is 0 Å². The van der Waals surface area contributed by atoms with Crippen molar-refractivity contribution in [3.05, 3.63) is 66.7 Å². The van der Waals surface area contributed by atoms with Crippen LogP contribution in [0.25, 0.3) is 5.69 Å². The fourth-order valence-corrected chi connectivity index (χ4v) is 1.89. The molecular formula is C15H14N4O.